The van der Waals surface area contributed by atoms with Gasteiger partial charge in [0.25, 0.3) is 0 Å². The van der Waals surface area contributed by atoms with Gasteiger partial charge in [-0.2, -0.15) is 5.10 Å². The van der Waals surface area contributed by atoms with Gasteiger partial charge in [0.05, 0.1) is 17.4 Å². The Hall–Kier alpha value is -2.58. The molecule has 8 nitrogen and oxygen atoms in total. The van der Waals surface area contributed by atoms with E-state index in [1.54, 1.807) is 12.4 Å². The summed E-state index contributed by atoms with van der Waals surface area (Å²) in [4.78, 5) is 16.2. The molecule has 4 rings (SSSR count). The maximum atomic E-state index is 4.85. The first-order chi connectivity index (χ1) is 13.1. The second-order valence-electron chi connectivity index (χ2n) is 7.30. The van der Waals surface area contributed by atoms with Crippen LogP contribution in [0.4, 0.5) is 5.82 Å². The third-order valence-electron chi connectivity index (χ3n) is 5.03. The molecule has 8 heteroatoms. The number of fused-ring (bicyclic) bond motifs is 1. The third kappa shape index (κ3) is 3.77. The Morgan fingerprint density at radius 3 is 2.93 bits per heavy atom. The van der Waals surface area contributed by atoms with E-state index in [1.165, 1.54) is 0 Å². The molecule has 1 aliphatic heterocycles. The molecular weight excluding hydrogens is 340 g/mol. The summed E-state index contributed by atoms with van der Waals surface area (Å²) in [7, 11) is 2.16. The number of likely N-dealkylation sites (N-methyl/N-ethyl adjacent to an activating group) is 1. The van der Waals surface area contributed by atoms with Crippen molar-refractivity contribution in [1.29, 1.82) is 0 Å². The molecule has 142 valence electrons. The average Bonchev–Trinajstić information content (AvgIpc) is 3.17. The highest BCUT2D eigenvalue weighted by atomic mass is 15.3. The van der Waals surface area contributed by atoms with Crippen molar-refractivity contribution in [3.63, 3.8) is 0 Å². The molecule has 27 heavy (non-hydrogen) atoms. The molecule has 1 aliphatic rings. The van der Waals surface area contributed by atoms with Gasteiger partial charge in [0.15, 0.2) is 5.82 Å². The zero-order chi connectivity index (χ0) is 18.8. The van der Waals surface area contributed by atoms with Crippen LogP contribution in [0.15, 0.2) is 30.9 Å². The monoisotopic (exact) mass is 366 g/mol. The number of hydrogen-bond donors (Lipinski definition) is 2. The largest absolute Gasteiger partial charge is 0.367 e. The van der Waals surface area contributed by atoms with E-state index in [9.17, 15) is 0 Å². The molecule has 0 unspecified atom stereocenters. The van der Waals surface area contributed by atoms with Crippen LogP contribution in [-0.4, -0.2) is 68.9 Å². The van der Waals surface area contributed by atoms with Crippen molar-refractivity contribution in [2.24, 2.45) is 0 Å². The average molecular weight is 366 g/mol. The fourth-order valence-corrected chi connectivity index (χ4v) is 3.30. The van der Waals surface area contributed by atoms with Gasteiger partial charge in [-0.3, -0.25) is 14.6 Å². The molecule has 0 bridgehead atoms. The Labute approximate surface area is 159 Å². The Morgan fingerprint density at radius 2 is 2.15 bits per heavy atom. The zero-order valence-electron chi connectivity index (χ0n) is 16.1. The number of nitrogens with zero attached hydrogens (tertiary/aromatic N) is 6. The highest BCUT2D eigenvalue weighted by molar-refractivity contribution is 5.88. The summed E-state index contributed by atoms with van der Waals surface area (Å²) in [6, 6.07) is 2.70. The lowest BCUT2D eigenvalue weighted by Gasteiger charge is -2.33. The summed E-state index contributed by atoms with van der Waals surface area (Å²) in [6.07, 6.45) is 7.30. The second-order valence-corrected chi connectivity index (χ2v) is 7.30. The molecule has 4 heterocycles. The lowest BCUT2D eigenvalue weighted by atomic mass is 10.2. The van der Waals surface area contributed by atoms with Crippen molar-refractivity contribution in [3.8, 4) is 11.3 Å². The molecule has 3 aromatic heterocycles. The molecule has 0 aliphatic carbocycles. The highest BCUT2D eigenvalue weighted by Gasteiger charge is 2.19. The lowest BCUT2D eigenvalue weighted by molar-refractivity contribution is 0.209. The summed E-state index contributed by atoms with van der Waals surface area (Å²) in [5.74, 6) is 0.770. The van der Waals surface area contributed by atoms with E-state index in [1.807, 2.05) is 23.1 Å². The number of hydrogen-bond acceptors (Lipinski definition) is 7. The van der Waals surface area contributed by atoms with Gasteiger partial charge in [-0.25, -0.2) is 9.97 Å². The van der Waals surface area contributed by atoms with Gasteiger partial charge in [0.2, 0.25) is 0 Å². The van der Waals surface area contributed by atoms with Crippen molar-refractivity contribution in [1.82, 2.24) is 34.9 Å². The molecular formula is C19H26N8. The minimum absolute atomic E-state index is 0.311. The van der Waals surface area contributed by atoms with E-state index in [4.69, 9.17) is 4.98 Å². The molecule has 1 fully saturated rings. The van der Waals surface area contributed by atoms with Crippen molar-refractivity contribution >= 4 is 16.9 Å². The highest BCUT2D eigenvalue weighted by Crippen LogP contribution is 2.25. The molecule has 0 aromatic carbocycles. The van der Waals surface area contributed by atoms with Crippen LogP contribution >= 0.6 is 0 Å². The van der Waals surface area contributed by atoms with E-state index in [-0.39, 0.29) is 0 Å². The maximum absolute atomic E-state index is 4.85. The van der Waals surface area contributed by atoms with E-state index in [2.05, 4.69) is 51.5 Å². The van der Waals surface area contributed by atoms with Crippen molar-refractivity contribution in [2.75, 3.05) is 38.5 Å². The fraction of sp³-hybridized carbons (Fsp3) is 0.474. The quantitative estimate of drug-likeness (QED) is 0.712. The number of piperazine rings is 1. The van der Waals surface area contributed by atoms with Gasteiger partial charge in [-0.1, -0.05) is 0 Å². The molecule has 0 radical (unpaired) electrons. The summed E-state index contributed by atoms with van der Waals surface area (Å²) in [5, 5.41) is 11.4. The van der Waals surface area contributed by atoms with Crippen LogP contribution in [0, 0.1) is 0 Å². The molecule has 1 saturated heterocycles. The molecule has 2 N–H and O–H groups in total. The summed E-state index contributed by atoms with van der Waals surface area (Å²) in [5.41, 5.74) is 3.46. The van der Waals surface area contributed by atoms with Gasteiger partial charge in [0.1, 0.15) is 5.52 Å². The van der Waals surface area contributed by atoms with Gasteiger partial charge < -0.3 is 10.6 Å². The summed E-state index contributed by atoms with van der Waals surface area (Å²) >= 11 is 0. The summed E-state index contributed by atoms with van der Waals surface area (Å²) in [6.45, 7) is 8.07. The molecule has 0 spiro atoms. The third-order valence-corrected chi connectivity index (χ3v) is 5.03. The van der Waals surface area contributed by atoms with Crippen LogP contribution in [-0.2, 0) is 0 Å². The number of rotatable bonds is 5. The number of aromatic nitrogens is 5. The first-order valence-electron chi connectivity index (χ1n) is 9.43. The Kier molecular flexibility index (Phi) is 5.00. The Balaban J connectivity index is 1.65. The number of pyridine rings is 1. The van der Waals surface area contributed by atoms with Crippen molar-refractivity contribution in [3.05, 3.63) is 30.9 Å². The minimum Gasteiger partial charge on any atom is -0.367 e. The molecule has 0 saturated carbocycles. The minimum atomic E-state index is 0.311. The lowest BCUT2D eigenvalue weighted by Crippen LogP contribution is -2.52. The molecule has 1 atom stereocenters. The predicted molar refractivity (Wildman–Crippen MR) is 107 cm³/mol. The number of nitrogens with one attached hydrogen (secondary N) is 2. The zero-order valence-corrected chi connectivity index (χ0v) is 16.1. The van der Waals surface area contributed by atoms with E-state index in [0.717, 1.165) is 54.3 Å². The first kappa shape index (κ1) is 17.8. The molecule has 3 aromatic rings. The van der Waals surface area contributed by atoms with Gasteiger partial charge >= 0.3 is 0 Å². The van der Waals surface area contributed by atoms with Crippen LogP contribution in [0.3, 0.4) is 0 Å². The maximum Gasteiger partial charge on any atom is 0.154 e. The predicted octanol–water partition coefficient (Wildman–Crippen LogP) is 1.78. The van der Waals surface area contributed by atoms with Gasteiger partial charge in [-0.15, -0.1) is 0 Å². The molecule has 0 amide bonds. The SMILES string of the molecule is CC(C)n1cc(-c2cc3nccnc3c(NC[C@@H]3CNCCN3C)n2)cn1. The van der Waals surface area contributed by atoms with Crippen molar-refractivity contribution in [2.45, 2.75) is 25.9 Å². The fourth-order valence-electron chi connectivity index (χ4n) is 3.30. The van der Waals surface area contributed by atoms with Gasteiger partial charge in [0, 0.05) is 62.4 Å². The van der Waals surface area contributed by atoms with E-state index < -0.39 is 0 Å². The first-order valence-corrected chi connectivity index (χ1v) is 9.43. The summed E-state index contributed by atoms with van der Waals surface area (Å²) < 4.78 is 1.94. The topological polar surface area (TPSA) is 83.8 Å². The van der Waals surface area contributed by atoms with Gasteiger partial charge in [-0.05, 0) is 27.0 Å². The van der Waals surface area contributed by atoms with Crippen LogP contribution in [0.2, 0.25) is 0 Å². The van der Waals surface area contributed by atoms with E-state index >= 15 is 0 Å². The Bertz CT molecular complexity index is 919. The smallest absolute Gasteiger partial charge is 0.154 e. The van der Waals surface area contributed by atoms with Crippen LogP contribution in [0.1, 0.15) is 19.9 Å². The van der Waals surface area contributed by atoms with E-state index in [0.29, 0.717) is 12.1 Å². The Morgan fingerprint density at radius 1 is 1.30 bits per heavy atom. The van der Waals surface area contributed by atoms with Crippen LogP contribution < -0.4 is 10.6 Å². The standard InChI is InChI=1S/C19H26N8/c1-13(2)27-12-14(9-24-27)16-8-17-18(22-5-4-21-17)19(25-16)23-11-15-10-20-6-7-26(15)3/h4-5,8-9,12-13,15,20H,6-7,10-11H2,1-3H3,(H,23,25)/t15-/m0/s1. The number of anilines is 1. The normalized spacial score (nSPS) is 18.3. The van der Waals surface area contributed by atoms with Crippen molar-refractivity contribution < 1.29 is 0 Å². The second kappa shape index (κ2) is 7.58. The van der Waals surface area contributed by atoms with Crippen LogP contribution in [0.25, 0.3) is 22.3 Å². The van der Waals surface area contributed by atoms with Crippen LogP contribution in [0.5, 0.6) is 0 Å².